The summed E-state index contributed by atoms with van der Waals surface area (Å²) in [5.74, 6) is 3.13. The van der Waals surface area contributed by atoms with Gasteiger partial charge in [0.25, 0.3) is 5.91 Å². The van der Waals surface area contributed by atoms with E-state index in [2.05, 4.69) is 59.4 Å². The standard InChI is InChI=1S/C46H52N10O3/c1-29-8-15-40(45(57)50-29)55-30(2)38-14-11-35(22-39(38)46(55)58)54-26-32(27-54)25-53-19-16-31(24-53)23-52-20-17-34(18-21-52)56-44-41(43(47)48-28-49-44)42(51-56)33-9-12-37(13-10-33)59-36-6-4-3-5-7-36/h3-7,9-14,22,28,30-32,34,40H,1,8,15-21,23-27H2,2H3,(H,50,57)(H2,47,48,49). The van der Waals surface area contributed by atoms with Gasteiger partial charge in [0.05, 0.1) is 17.5 Å². The smallest absolute Gasteiger partial charge is 0.255 e. The molecule has 13 nitrogen and oxygen atoms in total. The van der Waals surface area contributed by atoms with Crippen LogP contribution in [0.4, 0.5) is 11.5 Å². The van der Waals surface area contributed by atoms with Crippen molar-refractivity contribution in [1.29, 1.82) is 0 Å². The number of fused-ring (bicyclic) bond motifs is 2. The largest absolute Gasteiger partial charge is 0.457 e. The molecule has 4 saturated heterocycles. The molecule has 0 spiro atoms. The van der Waals surface area contributed by atoms with E-state index in [4.69, 9.17) is 15.6 Å². The van der Waals surface area contributed by atoms with Gasteiger partial charge in [-0.25, -0.2) is 14.6 Å². The van der Waals surface area contributed by atoms with Crippen molar-refractivity contribution in [2.24, 2.45) is 11.8 Å². The van der Waals surface area contributed by atoms with Crippen molar-refractivity contribution >= 4 is 34.4 Å². The summed E-state index contributed by atoms with van der Waals surface area (Å²) in [6.45, 7) is 14.6. The molecule has 10 rings (SSSR count). The Hall–Kier alpha value is -5.79. The third-order valence-corrected chi connectivity index (χ3v) is 13.3. The molecule has 2 amide bonds. The van der Waals surface area contributed by atoms with Crippen LogP contribution in [0, 0.1) is 11.8 Å². The van der Waals surface area contributed by atoms with Gasteiger partial charge in [-0.05, 0) is 106 Å². The van der Waals surface area contributed by atoms with Gasteiger partial charge in [0, 0.05) is 74.2 Å². The molecule has 0 radical (unpaired) electrons. The second-order valence-corrected chi connectivity index (χ2v) is 17.2. The number of benzene rings is 3. The number of piperidine rings is 2. The van der Waals surface area contributed by atoms with Crippen LogP contribution in [-0.4, -0.2) is 105 Å². The Morgan fingerprint density at radius 1 is 0.847 bits per heavy atom. The van der Waals surface area contributed by atoms with Crippen LogP contribution in [0.5, 0.6) is 11.5 Å². The fraction of sp³-hybridized carbons (Fsp3) is 0.413. The van der Waals surface area contributed by atoms with Crippen molar-refractivity contribution < 1.29 is 14.3 Å². The number of ether oxygens (including phenoxy) is 1. The molecule has 0 aliphatic carbocycles. The fourth-order valence-electron chi connectivity index (χ4n) is 10.2. The van der Waals surface area contributed by atoms with Crippen LogP contribution in [0.3, 0.4) is 0 Å². The molecule has 13 heteroatoms. The molecule has 5 aliphatic rings. The van der Waals surface area contributed by atoms with E-state index in [9.17, 15) is 9.59 Å². The van der Waals surface area contributed by atoms with Crippen molar-refractivity contribution in [3.8, 4) is 22.8 Å². The third-order valence-electron chi connectivity index (χ3n) is 13.3. The summed E-state index contributed by atoms with van der Waals surface area (Å²) < 4.78 is 8.12. The first kappa shape index (κ1) is 37.5. The second kappa shape index (κ2) is 15.4. The highest BCUT2D eigenvalue weighted by Gasteiger charge is 2.43. The second-order valence-electron chi connectivity index (χ2n) is 17.2. The van der Waals surface area contributed by atoms with E-state index in [0.717, 1.165) is 122 Å². The molecule has 5 aromatic rings. The van der Waals surface area contributed by atoms with E-state index in [0.29, 0.717) is 30.5 Å². The minimum Gasteiger partial charge on any atom is -0.457 e. The number of hydrogen-bond acceptors (Lipinski definition) is 10. The van der Waals surface area contributed by atoms with Gasteiger partial charge in [-0.1, -0.05) is 30.8 Å². The normalized spacial score (nSPS) is 23.2. The highest BCUT2D eigenvalue weighted by atomic mass is 16.5. The Morgan fingerprint density at radius 2 is 1.59 bits per heavy atom. The summed E-state index contributed by atoms with van der Waals surface area (Å²) in [5, 5.41) is 8.79. The van der Waals surface area contributed by atoms with Crippen molar-refractivity contribution in [1.82, 2.24) is 39.8 Å². The number of carbonyl (C=O) groups is 2. The molecule has 0 bridgehead atoms. The van der Waals surface area contributed by atoms with E-state index >= 15 is 0 Å². The number of nitrogen functional groups attached to an aromatic ring is 1. The maximum absolute atomic E-state index is 13.6. The topological polar surface area (TPSA) is 138 Å². The predicted molar refractivity (Wildman–Crippen MR) is 228 cm³/mol. The summed E-state index contributed by atoms with van der Waals surface area (Å²) in [6, 6.07) is 23.7. The highest BCUT2D eigenvalue weighted by Crippen LogP contribution is 2.40. The molecule has 59 heavy (non-hydrogen) atoms. The first-order valence-corrected chi connectivity index (χ1v) is 21.2. The molecule has 3 N–H and O–H groups in total. The van der Waals surface area contributed by atoms with Gasteiger partial charge in [0.1, 0.15) is 35.4 Å². The monoisotopic (exact) mass is 792 g/mol. The van der Waals surface area contributed by atoms with E-state index in [1.54, 1.807) is 11.2 Å². The number of nitrogens with two attached hydrogens (primary N) is 1. The number of anilines is 2. The Kier molecular flexibility index (Phi) is 9.80. The molecule has 304 valence electrons. The average molecular weight is 793 g/mol. The lowest BCUT2D eigenvalue weighted by Crippen LogP contribution is -2.51. The number of para-hydroxylation sites is 1. The zero-order chi connectivity index (χ0) is 40.2. The Labute approximate surface area is 344 Å². The lowest BCUT2D eigenvalue weighted by molar-refractivity contribution is -0.126. The van der Waals surface area contributed by atoms with Crippen molar-refractivity contribution in [3.05, 3.63) is 103 Å². The van der Waals surface area contributed by atoms with Crippen LogP contribution in [-0.2, 0) is 4.79 Å². The van der Waals surface area contributed by atoms with Crippen molar-refractivity contribution in [2.45, 2.75) is 57.2 Å². The molecule has 2 aromatic heterocycles. The minimum atomic E-state index is -0.451. The molecule has 3 aromatic carbocycles. The number of likely N-dealkylation sites (tertiary alicyclic amines) is 2. The average Bonchev–Trinajstić information content (AvgIpc) is 3.92. The van der Waals surface area contributed by atoms with Crippen LogP contribution in [0.25, 0.3) is 22.3 Å². The number of aromatic nitrogens is 4. The summed E-state index contributed by atoms with van der Waals surface area (Å²) >= 11 is 0. The molecule has 3 atom stereocenters. The SMILES string of the molecule is C=C1CCC(N2C(=O)c3cc(N4CC(CN5CCC(CN6CCC(n7nc(-c8ccc(Oc9ccccc9)cc8)c8c(N)ncnc87)CC6)C5)C4)ccc3C2C)C(=O)N1. The van der Waals surface area contributed by atoms with Gasteiger partial charge in [0.2, 0.25) is 5.91 Å². The van der Waals surface area contributed by atoms with Gasteiger partial charge in [-0.15, -0.1) is 0 Å². The molecule has 7 heterocycles. The van der Waals surface area contributed by atoms with Crippen LogP contribution in [0.1, 0.15) is 67.0 Å². The number of carbonyl (C=O) groups excluding carboxylic acids is 2. The summed E-state index contributed by atoms with van der Waals surface area (Å²) in [7, 11) is 0. The van der Waals surface area contributed by atoms with Gasteiger partial charge in [-0.3, -0.25) is 9.59 Å². The number of rotatable bonds is 10. The summed E-state index contributed by atoms with van der Waals surface area (Å²) in [4.78, 5) is 44.8. The zero-order valence-electron chi connectivity index (χ0n) is 33.7. The number of nitrogens with one attached hydrogen (secondary N) is 1. The molecular formula is C46H52N10O3. The number of nitrogens with zero attached hydrogens (tertiary/aromatic N) is 8. The maximum atomic E-state index is 13.6. The van der Waals surface area contributed by atoms with Crippen LogP contribution < -0.4 is 20.7 Å². The molecule has 5 aliphatic heterocycles. The third kappa shape index (κ3) is 7.20. The highest BCUT2D eigenvalue weighted by molar-refractivity contribution is 6.03. The molecule has 0 saturated carbocycles. The Bertz CT molecular complexity index is 2390. The van der Waals surface area contributed by atoms with E-state index < -0.39 is 6.04 Å². The summed E-state index contributed by atoms with van der Waals surface area (Å²) in [6.07, 6.45) is 6.12. The van der Waals surface area contributed by atoms with Gasteiger partial charge in [0.15, 0.2) is 5.65 Å². The van der Waals surface area contributed by atoms with Crippen LogP contribution in [0.2, 0.25) is 0 Å². The Morgan fingerprint density at radius 3 is 2.37 bits per heavy atom. The maximum Gasteiger partial charge on any atom is 0.255 e. The van der Waals surface area contributed by atoms with Crippen LogP contribution in [0.15, 0.2) is 91.4 Å². The van der Waals surface area contributed by atoms with E-state index in [1.807, 2.05) is 61.5 Å². The van der Waals surface area contributed by atoms with E-state index in [-0.39, 0.29) is 23.9 Å². The van der Waals surface area contributed by atoms with E-state index in [1.165, 1.54) is 6.42 Å². The molecule has 4 fully saturated rings. The zero-order valence-corrected chi connectivity index (χ0v) is 33.7. The quantitative estimate of drug-likeness (QED) is 0.167. The summed E-state index contributed by atoms with van der Waals surface area (Å²) in [5.41, 5.74) is 12.6. The van der Waals surface area contributed by atoms with Gasteiger partial charge >= 0.3 is 0 Å². The first-order valence-electron chi connectivity index (χ1n) is 21.2. The van der Waals surface area contributed by atoms with Gasteiger partial charge < -0.3 is 35.4 Å². The molecular weight excluding hydrogens is 741 g/mol. The molecule has 3 unspecified atom stereocenters. The first-order chi connectivity index (χ1) is 28.8. The van der Waals surface area contributed by atoms with Gasteiger partial charge in [-0.2, -0.15) is 5.10 Å². The van der Waals surface area contributed by atoms with Crippen molar-refractivity contribution in [3.63, 3.8) is 0 Å². The lowest BCUT2D eigenvalue weighted by Gasteiger charge is -2.43. The lowest BCUT2D eigenvalue weighted by atomic mass is 9.97. The minimum absolute atomic E-state index is 0.0389. The Balaban J connectivity index is 0.707. The fourth-order valence-corrected chi connectivity index (χ4v) is 10.2. The van der Waals surface area contributed by atoms with Crippen LogP contribution >= 0.6 is 0 Å². The number of amides is 2. The predicted octanol–water partition coefficient (Wildman–Crippen LogP) is 6.27. The number of allylic oxidation sites excluding steroid dienone is 1. The van der Waals surface area contributed by atoms with Crippen molar-refractivity contribution in [2.75, 3.05) is 63.0 Å². The number of hydrogen-bond donors (Lipinski definition) is 2.